The first-order chi connectivity index (χ1) is 12.6. The third-order valence-electron chi connectivity index (χ3n) is 6.26. The summed E-state index contributed by atoms with van der Waals surface area (Å²) >= 11 is 0. The number of carbonyl (C=O) groups excluding carboxylic acids is 2. The van der Waals surface area contributed by atoms with Gasteiger partial charge in [-0.15, -0.1) is 0 Å². The van der Waals surface area contributed by atoms with Crippen molar-refractivity contribution in [2.45, 2.75) is 51.0 Å². The van der Waals surface area contributed by atoms with Gasteiger partial charge in [0.15, 0.2) is 0 Å². The molecule has 1 aromatic carbocycles. The predicted octanol–water partition coefficient (Wildman–Crippen LogP) is 3.40. The Morgan fingerprint density at radius 3 is 2.50 bits per heavy atom. The second-order valence-corrected chi connectivity index (χ2v) is 8.05. The van der Waals surface area contributed by atoms with Crippen molar-refractivity contribution in [1.29, 1.82) is 0 Å². The fraction of sp³-hybridized carbons (Fsp3) is 0.619. The zero-order chi connectivity index (χ0) is 18.1. The molecule has 0 aromatic heterocycles. The van der Waals surface area contributed by atoms with E-state index in [1.807, 2.05) is 30.0 Å². The van der Waals surface area contributed by atoms with Gasteiger partial charge in [0.1, 0.15) is 0 Å². The average Bonchev–Trinajstić information content (AvgIpc) is 3.50. The van der Waals surface area contributed by atoms with Gasteiger partial charge >= 0.3 is 6.09 Å². The van der Waals surface area contributed by atoms with Crippen LogP contribution in [-0.2, 0) is 9.53 Å². The molecule has 0 unspecified atom stereocenters. The minimum absolute atomic E-state index is 0.0420. The van der Waals surface area contributed by atoms with E-state index in [9.17, 15) is 9.59 Å². The van der Waals surface area contributed by atoms with Gasteiger partial charge in [-0.3, -0.25) is 4.79 Å². The van der Waals surface area contributed by atoms with Gasteiger partial charge in [-0.25, -0.2) is 4.79 Å². The van der Waals surface area contributed by atoms with Gasteiger partial charge in [-0.05, 0) is 50.0 Å². The van der Waals surface area contributed by atoms with Gasteiger partial charge in [-0.2, -0.15) is 0 Å². The molecule has 3 fully saturated rings. The van der Waals surface area contributed by atoms with Crippen LogP contribution in [-0.4, -0.2) is 54.1 Å². The average molecular weight is 356 g/mol. The van der Waals surface area contributed by atoms with Crippen molar-refractivity contribution in [1.82, 2.24) is 9.80 Å². The fourth-order valence-corrected chi connectivity index (χ4v) is 4.61. The Bertz CT molecular complexity index is 663. The predicted molar refractivity (Wildman–Crippen MR) is 98.8 cm³/mol. The maximum atomic E-state index is 13.1. The zero-order valence-corrected chi connectivity index (χ0v) is 15.5. The molecule has 1 spiro atoms. The van der Waals surface area contributed by atoms with Crippen LogP contribution in [0, 0.1) is 5.41 Å². The summed E-state index contributed by atoms with van der Waals surface area (Å²) in [7, 11) is 0. The zero-order valence-electron chi connectivity index (χ0n) is 15.5. The quantitative estimate of drug-likeness (QED) is 0.834. The summed E-state index contributed by atoms with van der Waals surface area (Å²) in [5, 5.41) is 0. The molecule has 3 aliphatic rings. The van der Waals surface area contributed by atoms with E-state index in [-0.39, 0.29) is 17.4 Å². The Morgan fingerprint density at radius 2 is 1.88 bits per heavy atom. The van der Waals surface area contributed by atoms with E-state index >= 15 is 0 Å². The summed E-state index contributed by atoms with van der Waals surface area (Å²) in [5.41, 5.74) is 1.26. The molecule has 5 heteroatoms. The van der Waals surface area contributed by atoms with Gasteiger partial charge in [0.25, 0.3) is 0 Å². The smallest absolute Gasteiger partial charge is 0.409 e. The third-order valence-corrected chi connectivity index (χ3v) is 6.26. The standard InChI is InChI=1S/C21H28N2O3/c1-2-26-20(25)22-12-10-21(11-13-22)14-18(16-6-4-3-5-7-16)19(24)23(15-21)17-8-9-17/h3-7,17-18H,2,8-15H2,1H3/t18-/m1/s1. The molecule has 1 aromatic rings. The molecule has 1 saturated carbocycles. The molecule has 1 aliphatic carbocycles. The van der Waals surface area contributed by atoms with Gasteiger partial charge in [0.05, 0.1) is 12.5 Å². The van der Waals surface area contributed by atoms with Crippen LogP contribution in [0.4, 0.5) is 4.79 Å². The molecule has 0 bridgehead atoms. The number of piperidine rings is 2. The molecule has 2 heterocycles. The SMILES string of the molecule is CCOC(=O)N1CCC2(CC1)C[C@H](c1ccccc1)C(=O)N(C1CC1)C2. The topological polar surface area (TPSA) is 49.9 Å². The number of rotatable bonds is 3. The molecule has 2 amide bonds. The molecule has 140 valence electrons. The number of likely N-dealkylation sites (tertiary alicyclic amines) is 2. The van der Waals surface area contributed by atoms with Crippen molar-refractivity contribution >= 4 is 12.0 Å². The maximum absolute atomic E-state index is 13.1. The Morgan fingerprint density at radius 1 is 1.19 bits per heavy atom. The summed E-state index contributed by atoms with van der Waals surface area (Å²) in [4.78, 5) is 29.1. The summed E-state index contributed by atoms with van der Waals surface area (Å²) in [6.07, 6.45) is 4.87. The highest BCUT2D eigenvalue weighted by atomic mass is 16.6. The highest BCUT2D eigenvalue weighted by Crippen LogP contribution is 2.48. The van der Waals surface area contributed by atoms with Crippen LogP contribution < -0.4 is 0 Å². The number of benzene rings is 1. The molecule has 2 aliphatic heterocycles. The van der Waals surface area contributed by atoms with E-state index in [4.69, 9.17) is 4.74 Å². The van der Waals surface area contributed by atoms with E-state index in [1.54, 1.807) is 0 Å². The van der Waals surface area contributed by atoms with Crippen LogP contribution in [0.2, 0.25) is 0 Å². The first kappa shape index (κ1) is 17.4. The van der Waals surface area contributed by atoms with E-state index in [2.05, 4.69) is 17.0 Å². The maximum Gasteiger partial charge on any atom is 0.409 e. The van der Waals surface area contributed by atoms with Gasteiger partial charge in [0, 0.05) is 25.7 Å². The largest absolute Gasteiger partial charge is 0.450 e. The summed E-state index contributed by atoms with van der Waals surface area (Å²) in [5.74, 6) is 0.261. The molecule has 4 rings (SSSR count). The van der Waals surface area contributed by atoms with Crippen molar-refractivity contribution in [2.24, 2.45) is 5.41 Å². The molecule has 0 N–H and O–H groups in total. The second kappa shape index (κ2) is 6.93. The normalized spacial score (nSPS) is 25.4. The monoisotopic (exact) mass is 356 g/mol. The Labute approximate surface area is 155 Å². The Kier molecular flexibility index (Phi) is 4.63. The summed E-state index contributed by atoms with van der Waals surface area (Å²) in [6.45, 7) is 4.57. The molecule has 5 nitrogen and oxygen atoms in total. The van der Waals surface area contributed by atoms with E-state index < -0.39 is 0 Å². The third kappa shape index (κ3) is 3.31. The fourth-order valence-electron chi connectivity index (χ4n) is 4.61. The number of hydrogen-bond donors (Lipinski definition) is 0. The molecular weight excluding hydrogens is 328 g/mol. The van der Waals surface area contributed by atoms with Crippen molar-refractivity contribution in [2.75, 3.05) is 26.2 Å². The lowest BCUT2D eigenvalue weighted by Crippen LogP contribution is -2.55. The highest BCUT2D eigenvalue weighted by molar-refractivity contribution is 5.85. The summed E-state index contributed by atoms with van der Waals surface area (Å²) in [6, 6.07) is 10.7. The highest BCUT2D eigenvalue weighted by Gasteiger charge is 2.49. The van der Waals surface area contributed by atoms with Gasteiger partial charge in [-0.1, -0.05) is 30.3 Å². The van der Waals surface area contributed by atoms with Gasteiger partial charge in [0.2, 0.25) is 5.91 Å². The lowest BCUT2D eigenvalue weighted by molar-refractivity contribution is -0.142. The first-order valence-corrected chi connectivity index (χ1v) is 9.89. The van der Waals surface area contributed by atoms with Crippen molar-refractivity contribution < 1.29 is 14.3 Å². The van der Waals surface area contributed by atoms with Crippen LogP contribution in [0.5, 0.6) is 0 Å². The number of nitrogens with zero attached hydrogens (tertiary/aromatic N) is 2. The Hall–Kier alpha value is -2.04. The number of hydrogen-bond acceptors (Lipinski definition) is 3. The van der Waals surface area contributed by atoms with Crippen molar-refractivity contribution in [3.8, 4) is 0 Å². The van der Waals surface area contributed by atoms with Crippen LogP contribution in [0.3, 0.4) is 0 Å². The molecule has 26 heavy (non-hydrogen) atoms. The minimum Gasteiger partial charge on any atom is -0.450 e. The Balaban J connectivity index is 1.53. The summed E-state index contributed by atoms with van der Waals surface area (Å²) < 4.78 is 5.16. The van der Waals surface area contributed by atoms with E-state index in [1.165, 1.54) is 0 Å². The first-order valence-electron chi connectivity index (χ1n) is 9.89. The molecule has 0 radical (unpaired) electrons. The van der Waals surface area contributed by atoms with Crippen LogP contribution in [0.1, 0.15) is 50.5 Å². The lowest BCUT2D eigenvalue weighted by atomic mass is 9.67. The number of amides is 2. The number of carbonyl (C=O) groups is 2. The van der Waals surface area contributed by atoms with Crippen LogP contribution >= 0.6 is 0 Å². The van der Waals surface area contributed by atoms with Crippen LogP contribution in [0.15, 0.2) is 30.3 Å². The van der Waals surface area contributed by atoms with Gasteiger partial charge < -0.3 is 14.5 Å². The van der Waals surface area contributed by atoms with Crippen LogP contribution in [0.25, 0.3) is 0 Å². The lowest BCUT2D eigenvalue weighted by Gasteiger charge is -2.50. The van der Waals surface area contributed by atoms with E-state index in [0.717, 1.165) is 57.3 Å². The molecule has 2 saturated heterocycles. The van der Waals surface area contributed by atoms with E-state index in [0.29, 0.717) is 18.6 Å². The molecular formula is C21H28N2O3. The number of ether oxygens (including phenoxy) is 1. The van der Waals surface area contributed by atoms with Crippen molar-refractivity contribution in [3.63, 3.8) is 0 Å². The second-order valence-electron chi connectivity index (χ2n) is 8.05. The van der Waals surface area contributed by atoms with Crippen molar-refractivity contribution in [3.05, 3.63) is 35.9 Å². The minimum atomic E-state index is -0.201. The molecule has 1 atom stereocenters.